The highest BCUT2D eigenvalue weighted by Gasteiger charge is 2.08. The van der Waals surface area contributed by atoms with Crippen LogP contribution in [0.3, 0.4) is 0 Å². The van der Waals surface area contributed by atoms with Crippen LogP contribution in [0.5, 0.6) is 5.75 Å². The standard InChI is InChI=1S/C28H22N2O4/c31-26-25(29-19-30-27(26)32)17-14-21-9-6-20(7-10-21)8-11-22-12-15-24(16-13-22)28(33)34-18-23-4-2-1-3-5-23/h1-7,9-10,12-13,15-16,19,31H,14,17-18H2,(H,29,30,32). The molecule has 34 heavy (non-hydrogen) atoms. The molecule has 2 N–H and O–H groups in total. The summed E-state index contributed by atoms with van der Waals surface area (Å²) in [5.41, 5.74) is 3.95. The van der Waals surface area contributed by atoms with Crippen LogP contribution < -0.4 is 5.56 Å². The van der Waals surface area contributed by atoms with Crippen molar-refractivity contribution in [3.63, 3.8) is 0 Å². The topological polar surface area (TPSA) is 92.3 Å². The van der Waals surface area contributed by atoms with Crippen molar-refractivity contribution in [3.05, 3.63) is 129 Å². The monoisotopic (exact) mass is 450 g/mol. The number of benzene rings is 3. The number of aromatic amines is 1. The van der Waals surface area contributed by atoms with Crippen molar-refractivity contribution in [3.8, 4) is 17.6 Å². The number of carbonyl (C=O) groups excluding carboxylic acids is 1. The van der Waals surface area contributed by atoms with E-state index in [0.717, 1.165) is 22.3 Å². The molecule has 0 spiro atoms. The summed E-state index contributed by atoms with van der Waals surface area (Å²) in [5.74, 6) is 5.50. The molecule has 0 aliphatic heterocycles. The lowest BCUT2D eigenvalue weighted by Gasteiger charge is -2.05. The van der Waals surface area contributed by atoms with E-state index in [4.69, 9.17) is 4.74 Å². The van der Waals surface area contributed by atoms with Gasteiger partial charge in [0.25, 0.3) is 5.56 Å². The summed E-state index contributed by atoms with van der Waals surface area (Å²) in [6, 6.07) is 24.3. The molecule has 0 aliphatic rings. The molecule has 1 aromatic heterocycles. The normalized spacial score (nSPS) is 10.2. The molecule has 0 atom stereocenters. The van der Waals surface area contributed by atoms with E-state index in [1.165, 1.54) is 6.33 Å². The number of nitrogens with zero attached hydrogens (tertiary/aromatic N) is 1. The second-order valence-corrected chi connectivity index (χ2v) is 7.61. The van der Waals surface area contributed by atoms with Crippen molar-refractivity contribution in [2.75, 3.05) is 0 Å². The molecule has 0 amide bonds. The molecule has 0 aliphatic carbocycles. The number of nitrogens with one attached hydrogen (secondary N) is 1. The first kappa shape index (κ1) is 22.6. The lowest BCUT2D eigenvalue weighted by molar-refractivity contribution is 0.0472. The number of hydrogen-bond donors (Lipinski definition) is 2. The largest absolute Gasteiger partial charge is 0.502 e. The zero-order chi connectivity index (χ0) is 23.8. The Labute approximate surface area is 196 Å². The Bertz CT molecular complexity index is 1380. The van der Waals surface area contributed by atoms with Crippen LogP contribution in [0, 0.1) is 11.8 Å². The highest BCUT2D eigenvalue weighted by Crippen LogP contribution is 2.12. The van der Waals surface area contributed by atoms with Crippen LogP contribution in [0.2, 0.25) is 0 Å². The summed E-state index contributed by atoms with van der Waals surface area (Å²) in [4.78, 5) is 30.0. The number of esters is 1. The molecule has 0 saturated heterocycles. The first-order valence-electron chi connectivity index (χ1n) is 10.8. The fourth-order valence-electron chi connectivity index (χ4n) is 3.27. The van der Waals surface area contributed by atoms with E-state index in [9.17, 15) is 14.7 Å². The fourth-order valence-corrected chi connectivity index (χ4v) is 3.27. The van der Waals surface area contributed by atoms with Gasteiger partial charge in [0.05, 0.1) is 17.6 Å². The number of hydrogen-bond acceptors (Lipinski definition) is 5. The maximum Gasteiger partial charge on any atom is 0.338 e. The molecular weight excluding hydrogens is 428 g/mol. The highest BCUT2D eigenvalue weighted by molar-refractivity contribution is 5.89. The minimum absolute atomic E-state index is 0.235. The number of ether oxygens (including phenoxy) is 1. The van der Waals surface area contributed by atoms with Gasteiger partial charge in [0, 0.05) is 11.1 Å². The van der Waals surface area contributed by atoms with E-state index in [0.29, 0.717) is 24.1 Å². The fraction of sp³-hybridized carbons (Fsp3) is 0.107. The second-order valence-electron chi connectivity index (χ2n) is 7.61. The Morgan fingerprint density at radius 2 is 1.50 bits per heavy atom. The average Bonchev–Trinajstić information content (AvgIpc) is 2.88. The van der Waals surface area contributed by atoms with E-state index >= 15 is 0 Å². The molecule has 4 rings (SSSR count). The number of aromatic nitrogens is 2. The van der Waals surface area contributed by atoms with Crippen molar-refractivity contribution in [1.29, 1.82) is 0 Å². The SMILES string of the molecule is O=C(OCc1ccccc1)c1ccc(C#Cc2ccc(CCc3nc[nH]c(=O)c3O)cc2)cc1. The molecular formula is C28H22N2O4. The quantitative estimate of drug-likeness (QED) is 0.342. The average molecular weight is 450 g/mol. The molecule has 6 nitrogen and oxygen atoms in total. The lowest BCUT2D eigenvalue weighted by atomic mass is 10.1. The molecule has 0 saturated carbocycles. The van der Waals surface area contributed by atoms with E-state index in [-0.39, 0.29) is 18.3 Å². The van der Waals surface area contributed by atoms with Crippen LogP contribution >= 0.6 is 0 Å². The minimum atomic E-state index is -0.535. The van der Waals surface area contributed by atoms with Crippen molar-refractivity contribution in [1.82, 2.24) is 9.97 Å². The van der Waals surface area contributed by atoms with Crippen molar-refractivity contribution in [2.45, 2.75) is 19.4 Å². The van der Waals surface area contributed by atoms with Crippen LogP contribution in [0.15, 0.2) is 90.0 Å². The van der Waals surface area contributed by atoms with E-state index < -0.39 is 5.56 Å². The van der Waals surface area contributed by atoms with Gasteiger partial charge < -0.3 is 14.8 Å². The molecule has 0 bridgehead atoms. The van der Waals surface area contributed by atoms with Crippen LogP contribution in [-0.2, 0) is 24.2 Å². The van der Waals surface area contributed by atoms with Gasteiger partial charge in [-0.25, -0.2) is 9.78 Å². The van der Waals surface area contributed by atoms with Gasteiger partial charge in [-0.1, -0.05) is 54.3 Å². The van der Waals surface area contributed by atoms with Crippen LogP contribution in [0.4, 0.5) is 0 Å². The van der Waals surface area contributed by atoms with Gasteiger partial charge in [-0.15, -0.1) is 0 Å². The first-order valence-corrected chi connectivity index (χ1v) is 10.8. The molecule has 4 aromatic rings. The van der Waals surface area contributed by atoms with E-state index in [1.807, 2.05) is 54.6 Å². The smallest absolute Gasteiger partial charge is 0.338 e. The zero-order valence-corrected chi connectivity index (χ0v) is 18.3. The van der Waals surface area contributed by atoms with Crippen molar-refractivity contribution < 1.29 is 14.6 Å². The Hall–Kier alpha value is -4.63. The van der Waals surface area contributed by atoms with Crippen molar-refractivity contribution in [2.24, 2.45) is 0 Å². The van der Waals surface area contributed by atoms with Gasteiger partial charge in [0.1, 0.15) is 6.61 Å². The molecule has 0 radical (unpaired) electrons. The molecule has 0 unspecified atom stereocenters. The third-order valence-electron chi connectivity index (χ3n) is 5.19. The predicted molar refractivity (Wildman–Crippen MR) is 128 cm³/mol. The molecule has 3 aromatic carbocycles. The summed E-state index contributed by atoms with van der Waals surface area (Å²) in [6.45, 7) is 0.235. The molecule has 168 valence electrons. The number of carbonyl (C=O) groups is 1. The second kappa shape index (κ2) is 10.8. The third-order valence-corrected chi connectivity index (χ3v) is 5.19. The van der Waals surface area contributed by atoms with Gasteiger partial charge in [-0.2, -0.15) is 0 Å². The Kier molecular flexibility index (Phi) is 7.16. The van der Waals surface area contributed by atoms with Gasteiger partial charge in [0.15, 0.2) is 0 Å². The van der Waals surface area contributed by atoms with Gasteiger partial charge in [0.2, 0.25) is 5.75 Å². The van der Waals surface area contributed by atoms with Crippen molar-refractivity contribution >= 4 is 5.97 Å². The summed E-state index contributed by atoms with van der Waals surface area (Å²) in [6.07, 6.45) is 2.39. The number of aryl methyl sites for hydroxylation is 2. The molecule has 1 heterocycles. The van der Waals surface area contributed by atoms with Crippen LogP contribution in [0.25, 0.3) is 0 Å². The highest BCUT2D eigenvalue weighted by atomic mass is 16.5. The summed E-state index contributed by atoms with van der Waals surface area (Å²) >= 11 is 0. The van der Waals surface area contributed by atoms with Crippen LogP contribution in [-0.4, -0.2) is 21.0 Å². The minimum Gasteiger partial charge on any atom is -0.502 e. The maximum atomic E-state index is 12.2. The Balaban J connectivity index is 1.32. The zero-order valence-electron chi connectivity index (χ0n) is 18.3. The Morgan fingerprint density at radius 1 is 0.853 bits per heavy atom. The summed E-state index contributed by atoms with van der Waals surface area (Å²) in [7, 11) is 0. The van der Waals surface area contributed by atoms with Gasteiger partial charge >= 0.3 is 5.97 Å². The number of rotatable bonds is 6. The summed E-state index contributed by atoms with van der Waals surface area (Å²) in [5, 5.41) is 9.77. The summed E-state index contributed by atoms with van der Waals surface area (Å²) < 4.78 is 5.35. The first-order chi connectivity index (χ1) is 16.6. The number of H-pyrrole nitrogens is 1. The lowest BCUT2D eigenvalue weighted by Crippen LogP contribution is -2.09. The van der Waals surface area contributed by atoms with Gasteiger partial charge in [-0.05, 0) is 60.4 Å². The third kappa shape index (κ3) is 5.99. The van der Waals surface area contributed by atoms with Crippen LogP contribution in [0.1, 0.15) is 38.3 Å². The van der Waals surface area contributed by atoms with E-state index in [2.05, 4.69) is 21.8 Å². The number of aromatic hydroxyl groups is 1. The molecule has 6 heteroatoms. The van der Waals surface area contributed by atoms with Gasteiger partial charge in [-0.3, -0.25) is 4.79 Å². The Morgan fingerprint density at radius 3 is 2.18 bits per heavy atom. The maximum absolute atomic E-state index is 12.2. The predicted octanol–water partition coefficient (Wildman–Crippen LogP) is 4.02. The molecule has 0 fully saturated rings. The van der Waals surface area contributed by atoms with E-state index in [1.54, 1.807) is 24.3 Å².